The van der Waals surface area contributed by atoms with E-state index in [0.717, 1.165) is 34.1 Å². The van der Waals surface area contributed by atoms with Gasteiger partial charge in [-0.1, -0.05) is 18.1 Å². The molecule has 0 spiro atoms. The van der Waals surface area contributed by atoms with Crippen LogP contribution in [0.3, 0.4) is 0 Å². The van der Waals surface area contributed by atoms with Gasteiger partial charge in [0.25, 0.3) is 0 Å². The van der Waals surface area contributed by atoms with Crippen LogP contribution in [0.1, 0.15) is 56.6 Å². The van der Waals surface area contributed by atoms with Gasteiger partial charge in [-0.3, -0.25) is 0 Å². The Bertz CT molecular complexity index is 884. The molecule has 0 amide bonds. The molecular formula is C20H28N6. The van der Waals surface area contributed by atoms with E-state index in [4.69, 9.17) is 0 Å². The van der Waals surface area contributed by atoms with Crippen molar-refractivity contribution in [2.75, 3.05) is 20.1 Å². The topological polar surface area (TPSA) is 62.1 Å². The molecule has 0 aromatic carbocycles. The summed E-state index contributed by atoms with van der Waals surface area (Å²) in [7, 11) is 2.30. The molecule has 3 aromatic rings. The average Bonchev–Trinajstić information content (AvgIpc) is 3.18. The Hall–Kier alpha value is -1.95. The van der Waals surface area contributed by atoms with Gasteiger partial charge in [-0.05, 0) is 63.6 Å². The first kappa shape index (κ1) is 16.2. The molecule has 3 aromatic heterocycles. The second kappa shape index (κ2) is 6.65. The summed E-state index contributed by atoms with van der Waals surface area (Å²) in [4.78, 5) is 10.2. The Morgan fingerprint density at radius 2 is 1.96 bits per heavy atom. The maximum Gasteiger partial charge on any atom is 0.141 e. The third kappa shape index (κ3) is 3.11. The molecule has 0 atom stereocenters. The Kier molecular flexibility index (Phi) is 4.15. The van der Waals surface area contributed by atoms with Gasteiger partial charge in [-0.2, -0.15) is 0 Å². The lowest BCUT2D eigenvalue weighted by molar-refractivity contribution is 0.219. The molecule has 0 bridgehead atoms. The van der Waals surface area contributed by atoms with Gasteiger partial charge < -0.3 is 9.88 Å². The van der Waals surface area contributed by atoms with Crippen LogP contribution in [-0.2, 0) is 0 Å². The van der Waals surface area contributed by atoms with Gasteiger partial charge >= 0.3 is 0 Å². The fourth-order valence-electron chi connectivity index (χ4n) is 4.65. The summed E-state index contributed by atoms with van der Waals surface area (Å²) in [5.74, 6) is 2.40. The minimum atomic E-state index is 0.529. The molecule has 2 fully saturated rings. The predicted octanol–water partition coefficient (Wildman–Crippen LogP) is 3.61. The maximum absolute atomic E-state index is 4.54. The van der Waals surface area contributed by atoms with Gasteiger partial charge in [-0.15, -0.1) is 5.10 Å². The number of aromatic nitrogens is 5. The number of nitrogens with one attached hydrogen (secondary N) is 1. The van der Waals surface area contributed by atoms with Crippen LogP contribution in [0.25, 0.3) is 16.6 Å². The molecule has 26 heavy (non-hydrogen) atoms. The van der Waals surface area contributed by atoms with Crippen molar-refractivity contribution in [1.29, 1.82) is 0 Å². The molecule has 0 aliphatic heterocycles. The molecule has 0 unspecified atom stereocenters. The summed E-state index contributed by atoms with van der Waals surface area (Å²) in [5.41, 5.74) is 3.23. The molecule has 5 rings (SSSR count). The molecule has 2 saturated carbocycles. The monoisotopic (exact) mass is 352 g/mol. The highest BCUT2D eigenvalue weighted by atomic mass is 15.4. The third-order valence-electron chi connectivity index (χ3n) is 6.42. The van der Waals surface area contributed by atoms with E-state index >= 15 is 0 Å². The van der Waals surface area contributed by atoms with E-state index in [1.165, 1.54) is 58.0 Å². The van der Waals surface area contributed by atoms with Gasteiger partial charge in [0.05, 0.1) is 5.69 Å². The van der Waals surface area contributed by atoms with E-state index in [1.54, 1.807) is 6.33 Å². The fraction of sp³-hybridized carbons (Fsp3) is 0.650. The van der Waals surface area contributed by atoms with Crippen LogP contribution in [-0.4, -0.2) is 49.8 Å². The van der Waals surface area contributed by atoms with Crippen molar-refractivity contribution in [3.63, 3.8) is 0 Å². The van der Waals surface area contributed by atoms with Gasteiger partial charge in [0.15, 0.2) is 0 Å². The van der Waals surface area contributed by atoms with Crippen LogP contribution < -0.4 is 0 Å². The van der Waals surface area contributed by atoms with Crippen LogP contribution in [0, 0.1) is 11.8 Å². The predicted molar refractivity (Wildman–Crippen MR) is 102 cm³/mol. The van der Waals surface area contributed by atoms with Crippen LogP contribution in [0.5, 0.6) is 0 Å². The summed E-state index contributed by atoms with van der Waals surface area (Å²) < 4.78 is 1.84. The number of rotatable bonds is 6. The minimum Gasteiger partial charge on any atom is -0.346 e. The standard InChI is InChI=1S/C20H28N6/c1-25(11-9-14-2-3-14)12-15-4-6-16(7-5-15)18-19-17-8-10-21-20(17)22-13-26(19)24-23-18/h8,10,13-16,21H,2-7,9,11-12H2,1H3/t15-,16-. The van der Waals surface area contributed by atoms with Crippen molar-refractivity contribution in [2.45, 2.75) is 50.9 Å². The Morgan fingerprint density at radius 3 is 2.77 bits per heavy atom. The van der Waals surface area contributed by atoms with E-state index in [1.807, 2.05) is 10.7 Å². The number of H-pyrrole nitrogens is 1. The van der Waals surface area contributed by atoms with Gasteiger partial charge in [0.2, 0.25) is 0 Å². The number of nitrogens with zero attached hydrogens (tertiary/aromatic N) is 5. The number of hydrogen-bond acceptors (Lipinski definition) is 4. The average molecular weight is 352 g/mol. The minimum absolute atomic E-state index is 0.529. The van der Waals surface area contributed by atoms with E-state index in [2.05, 4.69) is 38.3 Å². The van der Waals surface area contributed by atoms with Crippen molar-refractivity contribution in [1.82, 2.24) is 29.7 Å². The van der Waals surface area contributed by atoms with Gasteiger partial charge in [-0.25, -0.2) is 9.50 Å². The molecule has 6 heteroatoms. The van der Waals surface area contributed by atoms with Crippen molar-refractivity contribution in [2.24, 2.45) is 11.8 Å². The lowest BCUT2D eigenvalue weighted by atomic mass is 9.80. The Morgan fingerprint density at radius 1 is 1.15 bits per heavy atom. The summed E-state index contributed by atoms with van der Waals surface area (Å²) in [6, 6.07) is 2.09. The first-order valence-corrected chi connectivity index (χ1v) is 10.1. The number of aromatic amines is 1. The third-order valence-corrected chi connectivity index (χ3v) is 6.42. The SMILES string of the molecule is CN(CCC1CC1)C[C@H]1CC[C@H](c2nnn3cnc4[nH]ccc4c23)CC1. The van der Waals surface area contributed by atoms with Crippen LogP contribution in [0.2, 0.25) is 0 Å². The molecule has 0 saturated heterocycles. The zero-order chi connectivity index (χ0) is 17.5. The number of fused-ring (bicyclic) bond motifs is 3. The zero-order valence-electron chi connectivity index (χ0n) is 15.6. The normalized spacial score (nSPS) is 24.1. The zero-order valence-corrected chi connectivity index (χ0v) is 15.6. The lowest BCUT2D eigenvalue weighted by Gasteiger charge is -2.30. The highest BCUT2D eigenvalue weighted by molar-refractivity contribution is 5.92. The van der Waals surface area contributed by atoms with Crippen LogP contribution >= 0.6 is 0 Å². The highest BCUT2D eigenvalue weighted by Crippen LogP contribution is 2.38. The maximum atomic E-state index is 4.54. The summed E-state index contributed by atoms with van der Waals surface area (Å²) in [6.45, 7) is 2.53. The molecule has 2 aliphatic carbocycles. The molecule has 0 radical (unpaired) electrons. The first-order chi connectivity index (χ1) is 12.8. The van der Waals surface area contributed by atoms with Crippen molar-refractivity contribution >= 4 is 16.6 Å². The lowest BCUT2D eigenvalue weighted by Crippen LogP contribution is -2.29. The largest absolute Gasteiger partial charge is 0.346 e. The fourth-order valence-corrected chi connectivity index (χ4v) is 4.65. The first-order valence-electron chi connectivity index (χ1n) is 10.1. The van der Waals surface area contributed by atoms with E-state index in [9.17, 15) is 0 Å². The molecule has 1 N–H and O–H groups in total. The second-order valence-electron chi connectivity index (χ2n) is 8.46. The molecule has 6 nitrogen and oxygen atoms in total. The van der Waals surface area contributed by atoms with Gasteiger partial charge in [0, 0.05) is 24.0 Å². The van der Waals surface area contributed by atoms with Crippen LogP contribution in [0.4, 0.5) is 0 Å². The Balaban J connectivity index is 1.25. The quantitative estimate of drug-likeness (QED) is 0.736. The molecular weight excluding hydrogens is 324 g/mol. The summed E-state index contributed by atoms with van der Waals surface area (Å²) in [6.07, 6.45) is 13.1. The molecule has 2 aliphatic rings. The van der Waals surface area contributed by atoms with E-state index in [0.29, 0.717) is 5.92 Å². The van der Waals surface area contributed by atoms with Crippen molar-refractivity contribution in [3.8, 4) is 0 Å². The summed E-state index contributed by atoms with van der Waals surface area (Å²) in [5, 5.41) is 9.99. The van der Waals surface area contributed by atoms with Crippen molar-refractivity contribution < 1.29 is 0 Å². The van der Waals surface area contributed by atoms with Gasteiger partial charge in [0.1, 0.15) is 17.5 Å². The Labute approximate surface area is 154 Å². The number of hydrogen-bond donors (Lipinski definition) is 1. The summed E-state index contributed by atoms with van der Waals surface area (Å²) >= 11 is 0. The highest BCUT2D eigenvalue weighted by Gasteiger charge is 2.28. The van der Waals surface area contributed by atoms with Crippen molar-refractivity contribution in [3.05, 3.63) is 24.3 Å². The molecule has 138 valence electrons. The second-order valence-corrected chi connectivity index (χ2v) is 8.46. The smallest absolute Gasteiger partial charge is 0.141 e. The van der Waals surface area contributed by atoms with E-state index in [-0.39, 0.29) is 0 Å². The molecule has 3 heterocycles. The van der Waals surface area contributed by atoms with E-state index < -0.39 is 0 Å². The van der Waals surface area contributed by atoms with Crippen LogP contribution in [0.15, 0.2) is 18.6 Å².